The number of hydrogen-bond acceptors (Lipinski definition) is 7. The molecule has 36 heavy (non-hydrogen) atoms. The summed E-state index contributed by atoms with van der Waals surface area (Å²) in [5.74, 6) is -0.669. The molecule has 0 amide bonds. The van der Waals surface area contributed by atoms with E-state index in [-0.39, 0.29) is 28.2 Å². The minimum Gasteiger partial charge on any atom is -0.378 e. The largest absolute Gasteiger partial charge is 0.378 e. The van der Waals surface area contributed by atoms with E-state index in [1.54, 1.807) is 6.07 Å². The van der Waals surface area contributed by atoms with Crippen LogP contribution >= 0.6 is 11.8 Å². The van der Waals surface area contributed by atoms with Gasteiger partial charge in [0.2, 0.25) is 0 Å². The zero-order chi connectivity index (χ0) is 26.4. The maximum atomic E-state index is 15.1. The van der Waals surface area contributed by atoms with Gasteiger partial charge in [-0.05, 0) is 32.9 Å². The Balaban J connectivity index is 1.80. The number of thioether (sulfide) groups is 1. The predicted molar refractivity (Wildman–Crippen MR) is 134 cm³/mol. The van der Waals surface area contributed by atoms with Gasteiger partial charge in [-0.2, -0.15) is 0 Å². The van der Waals surface area contributed by atoms with Crippen molar-refractivity contribution in [1.82, 2.24) is 15.0 Å². The molecule has 1 aromatic carbocycles. The Morgan fingerprint density at radius 2 is 1.94 bits per heavy atom. The number of anilines is 2. The van der Waals surface area contributed by atoms with E-state index >= 15 is 4.39 Å². The number of nitrogens with one attached hydrogen (secondary N) is 1. The van der Waals surface area contributed by atoms with Crippen LogP contribution in [0, 0.1) is 29.9 Å². The Morgan fingerprint density at radius 3 is 2.61 bits per heavy atom. The first-order valence-corrected chi connectivity index (χ1v) is 11.9. The normalized spacial score (nSPS) is 24.9. The molecule has 11 heteroatoms. The average Bonchev–Trinajstić information content (AvgIpc) is 2.83. The summed E-state index contributed by atoms with van der Waals surface area (Å²) in [6.45, 7) is 6.17. The van der Waals surface area contributed by atoms with Gasteiger partial charge in [0.1, 0.15) is 5.52 Å². The Morgan fingerprint density at radius 1 is 1.22 bits per heavy atom. The number of aliphatic imine (C=N–C) groups is 1. The summed E-state index contributed by atoms with van der Waals surface area (Å²) < 4.78 is 56.4. The first-order valence-electron chi connectivity index (χ1n) is 11.1. The molecular formula is C25H24F4N6S. The Kier molecular flexibility index (Phi) is 6.60. The molecule has 0 radical (unpaired) electrons. The predicted octanol–water partition coefficient (Wildman–Crippen LogP) is 5.72. The third-order valence-corrected chi connectivity index (χ3v) is 8.08. The zero-order valence-corrected chi connectivity index (χ0v) is 20.8. The maximum absolute atomic E-state index is 15.1. The van der Waals surface area contributed by atoms with Crippen LogP contribution in [0.25, 0.3) is 11.0 Å². The molecule has 188 valence electrons. The number of fused-ring (bicyclic) bond motifs is 1. The van der Waals surface area contributed by atoms with Crippen molar-refractivity contribution in [3.63, 3.8) is 0 Å². The molecule has 4 atom stereocenters. The summed E-state index contributed by atoms with van der Waals surface area (Å²) in [6.07, 6.45) is 5.72. The first kappa shape index (κ1) is 25.7. The van der Waals surface area contributed by atoms with Crippen LogP contribution in [-0.2, 0) is 5.54 Å². The van der Waals surface area contributed by atoms with Crippen LogP contribution in [0.4, 0.5) is 29.1 Å². The van der Waals surface area contributed by atoms with E-state index < -0.39 is 34.3 Å². The SMILES string of the molecule is C#C[C@H](C)c1cnc2c(Nc3cc(F)c(F)c([C@@]4(C)N=C(N)S[C@](C)(C(F)F)C4C)c3)nccc2n1. The van der Waals surface area contributed by atoms with Crippen molar-refractivity contribution >= 4 is 39.5 Å². The summed E-state index contributed by atoms with van der Waals surface area (Å²) in [4.78, 5) is 17.5. The van der Waals surface area contributed by atoms with E-state index in [9.17, 15) is 13.2 Å². The van der Waals surface area contributed by atoms with Gasteiger partial charge in [0, 0.05) is 29.4 Å². The number of aromatic nitrogens is 3. The number of pyridine rings is 1. The molecule has 1 unspecified atom stereocenters. The minimum absolute atomic E-state index is 0.125. The lowest BCUT2D eigenvalue weighted by Crippen LogP contribution is -2.52. The summed E-state index contributed by atoms with van der Waals surface area (Å²) in [6, 6.07) is 3.94. The molecule has 0 spiro atoms. The quantitative estimate of drug-likeness (QED) is 0.333. The van der Waals surface area contributed by atoms with Crippen LogP contribution in [-0.4, -0.2) is 31.3 Å². The van der Waals surface area contributed by atoms with Gasteiger partial charge in [-0.25, -0.2) is 32.5 Å². The van der Waals surface area contributed by atoms with E-state index in [0.717, 1.165) is 17.8 Å². The second-order valence-corrected chi connectivity index (χ2v) is 10.6. The van der Waals surface area contributed by atoms with Gasteiger partial charge in [0.15, 0.2) is 22.6 Å². The highest BCUT2D eigenvalue weighted by Crippen LogP contribution is 2.53. The zero-order valence-electron chi connectivity index (χ0n) is 20.0. The molecule has 0 saturated carbocycles. The topological polar surface area (TPSA) is 89.1 Å². The molecule has 1 aliphatic heterocycles. The van der Waals surface area contributed by atoms with E-state index in [0.29, 0.717) is 16.7 Å². The molecule has 0 fully saturated rings. The number of nitrogens with two attached hydrogens (primary N) is 1. The van der Waals surface area contributed by atoms with Crippen molar-refractivity contribution in [3.05, 3.63) is 53.5 Å². The van der Waals surface area contributed by atoms with Gasteiger partial charge >= 0.3 is 0 Å². The number of terminal acetylenes is 1. The van der Waals surface area contributed by atoms with Gasteiger partial charge < -0.3 is 11.1 Å². The van der Waals surface area contributed by atoms with Gasteiger partial charge in [0.05, 0.1) is 33.6 Å². The van der Waals surface area contributed by atoms with Crippen molar-refractivity contribution in [2.24, 2.45) is 16.6 Å². The number of amidine groups is 1. The molecule has 0 aliphatic carbocycles. The molecule has 6 nitrogen and oxygen atoms in total. The van der Waals surface area contributed by atoms with Gasteiger partial charge in [-0.15, -0.1) is 6.42 Å². The fourth-order valence-corrected chi connectivity index (χ4v) is 5.44. The van der Waals surface area contributed by atoms with Crippen LogP contribution in [0.15, 0.2) is 35.6 Å². The fraction of sp³-hybridized carbons (Fsp3) is 0.360. The molecule has 1 aliphatic rings. The highest BCUT2D eigenvalue weighted by Gasteiger charge is 2.54. The van der Waals surface area contributed by atoms with E-state index in [1.165, 1.54) is 39.2 Å². The highest BCUT2D eigenvalue weighted by molar-refractivity contribution is 8.15. The number of nitrogens with zero attached hydrogens (tertiary/aromatic N) is 4. The van der Waals surface area contributed by atoms with Gasteiger partial charge in [-0.1, -0.05) is 24.6 Å². The second-order valence-electron chi connectivity index (χ2n) is 9.06. The van der Waals surface area contributed by atoms with Crippen molar-refractivity contribution in [3.8, 4) is 12.3 Å². The van der Waals surface area contributed by atoms with Gasteiger partial charge in [0.25, 0.3) is 6.43 Å². The fourth-order valence-electron chi connectivity index (χ4n) is 4.26. The smallest absolute Gasteiger partial charge is 0.253 e. The van der Waals surface area contributed by atoms with E-state index in [2.05, 4.69) is 31.2 Å². The lowest BCUT2D eigenvalue weighted by Gasteiger charge is -2.46. The summed E-state index contributed by atoms with van der Waals surface area (Å²) in [7, 11) is 0. The number of benzene rings is 1. The van der Waals surface area contributed by atoms with Crippen LogP contribution < -0.4 is 11.1 Å². The van der Waals surface area contributed by atoms with Crippen molar-refractivity contribution in [2.45, 2.75) is 50.3 Å². The van der Waals surface area contributed by atoms with Crippen LogP contribution in [0.3, 0.4) is 0 Å². The summed E-state index contributed by atoms with van der Waals surface area (Å²) in [5, 5.41) is 2.82. The standard InChI is InChI=1S/C25H24F4N6S/c1-6-12(2)18-11-32-20-17(34-18)7-8-31-21(20)33-14-9-15(19(27)16(26)10-14)24(4)13(3)25(5,22(28)29)36-23(30)35-24/h1,7-13,22H,2-5H3,(H2,30,35)(H,31,33)/t12-,13?,24-,25-/m0/s1. The van der Waals surface area contributed by atoms with Crippen molar-refractivity contribution in [2.75, 3.05) is 5.32 Å². The minimum atomic E-state index is -2.78. The second kappa shape index (κ2) is 9.24. The van der Waals surface area contributed by atoms with E-state index in [4.69, 9.17) is 12.2 Å². The van der Waals surface area contributed by atoms with Crippen LogP contribution in [0.2, 0.25) is 0 Å². The molecule has 0 saturated heterocycles. The Labute approximate surface area is 210 Å². The van der Waals surface area contributed by atoms with Crippen LogP contribution in [0.1, 0.15) is 44.9 Å². The van der Waals surface area contributed by atoms with E-state index in [1.807, 2.05) is 6.92 Å². The molecule has 2 aromatic heterocycles. The molecule has 3 N–H and O–H groups in total. The third-order valence-electron chi connectivity index (χ3n) is 6.81. The molecule has 4 rings (SSSR count). The van der Waals surface area contributed by atoms with Crippen LogP contribution in [0.5, 0.6) is 0 Å². The number of halogens is 4. The Hall–Kier alpha value is -3.39. The maximum Gasteiger partial charge on any atom is 0.253 e. The summed E-state index contributed by atoms with van der Waals surface area (Å²) in [5.41, 5.74) is 5.75. The number of hydrogen-bond donors (Lipinski definition) is 2. The Bertz CT molecular complexity index is 1410. The average molecular weight is 517 g/mol. The van der Waals surface area contributed by atoms with Crippen molar-refractivity contribution in [1.29, 1.82) is 0 Å². The number of rotatable bonds is 5. The first-order chi connectivity index (χ1) is 16.9. The van der Waals surface area contributed by atoms with Gasteiger partial charge in [-0.3, -0.25) is 4.99 Å². The monoisotopic (exact) mass is 516 g/mol. The summed E-state index contributed by atoms with van der Waals surface area (Å²) >= 11 is 0.733. The molecule has 0 bridgehead atoms. The molecule has 3 aromatic rings. The lowest BCUT2D eigenvalue weighted by atomic mass is 9.73. The van der Waals surface area contributed by atoms with Crippen molar-refractivity contribution < 1.29 is 17.6 Å². The lowest BCUT2D eigenvalue weighted by molar-refractivity contribution is 0.0571. The molecular weight excluding hydrogens is 492 g/mol. The highest BCUT2D eigenvalue weighted by atomic mass is 32.2. The molecule has 3 heterocycles. The number of alkyl halides is 2. The third kappa shape index (κ3) is 4.23.